The monoisotopic (exact) mass is 458 g/mol. The van der Waals surface area contributed by atoms with E-state index in [1.165, 1.54) is 34.6 Å². The Kier molecular flexibility index (Phi) is 6.18. The summed E-state index contributed by atoms with van der Waals surface area (Å²) in [6, 6.07) is 8.71. The number of halogens is 1. The van der Waals surface area contributed by atoms with E-state index < -0.39 is 36.5 Å². The molecular weight excluding hydrogens is 440 g/mol. The summed E-state index contributed by atoms with van der Waals surface area (Å²) in [6.07, 6.45) is 2.62. The number of carboxylic acid groups (broad SMARTS) is 1. The molecule has 29 heavy (non-hydrogen) atoms. The van der Waals surface area contributed by atoms with Gasteiger partial charge < -0.3 is 5.11 Å². The van der Waals surface area contributed by atoms with Crippen LogP contribution in [0.1, 0.15) is 29.6 Å². The summed E-state index contributed by atoms with van der Waals surface area (Å²) in [4.78, 5) is 11.0. The molecule has 0 aliphatic carbocycles. The van der Waals surface area contributed by atoms with E-state index in [1.807, 2.05) is 0 Å². The minimum atomic E-state index is -4.22. The molecule has 156 valence electrons. The average Bonchev–Trinajstić information content (AvgIpc) is 2.68. The molecule has 0 unspecified atom stereocenters. The number of aromatic carboxylic acids is 1. The quantitative estimate of drug-likeness (QED) is 0.686. The van der Waals surface area contributed by atoms with Crippen LogP contribution in [0.25, 0.3) is 0 Å². The molecule has 8 nitrogen and oxygen atoms in total. The molecule has 1 fully saturated rings. The summed E-state index contributed by atoms with van der Waals surface area (Å²) in [6.45, 7) is 0.927. The smallest absolute Gasteiger partial charge is 0.337 e. The molecule has 1 aliphatic heterocycles. The highest BCUT2D eigenvalue weighted by atomic mass is 35.5. The van der Waals surface area contributed by atoms with Crippen LogP contribution in [0.5, 0.6) is 0 Å². The van der Waals surface area contributed by atoms with Gasteiger partial charge in [-0.05, 0) is 55.3 Å². The highest BCUT2D eigenvalue weighted by molar-refractivity contribution is 7.92. The van der Waals surface area contributed by atoms with E-state index in [1.54, 1.807) is 0 Å². The van der Waals surface area contributed by atoms with Crippen molar-refractivity contribution in [3.8, 4) is 0 Å². The van der Waals surface area contributed by atoms with Crippen LogP contribution in [-0.4, -0.2) is 45.3 Å². The molecule has 1 heterocycles. The average molecular weight is 459 g/mol. The normalized spacial score (nSPS) is 15.8. The van der Waals surface area contributed by atoms with Gasteiger partial charge >= 0.3 is 5.97 Å². The number of hydrogen-bond acceptors (Lipinski definition) is 5. The molecule has 1 saturated heterocycles. The van der Waals surface area contributed by atoms with Crippen molar-refractivity contribution in [3.05, 3.63) is 53.1 Å². The zero-order valence-electron chi connectivity index (χ0n) is 15.2. The number of rotatable bonds is 6. The molecule has 11 heteroatoms. The lowest BCUT2D eigenvalue weighted by atomic mass is 10.2. The first-order chi connectivity index (χ1) is 13.6. The van der Waals surface area contributed by atoms with Gasteiger partial charge in [-0.2, -0.15) is 4.31 Å². The van der Waals surface area contributed by atoms with E-state index in [-0.39, 0.29) is 15.6 Å². The van der Waals surface area contributed by atoms with Gasteiger partial charge in [-0.25, -0.2) is 21.6 Å². The molecule has 1 aliphatic rings. The molecule has 2 aromatic carbocycles. The highest BCUT2D eigenvalue weighted by Gasteiger charge is 2.26. The fraction of sp³-hybridized carbons (Fsp3) is 0.278. The topological polar surface area (TPSA) is 121 Å². The zero-order chi connectivity index (χ0) is 21.2. The maximum absolute atomic E-state index is 12.7. The standard InChI is InChI=1S/C18H19ClN2O6S2/c19-13-4-9-17(16(12-13)18(22)23)28(24,25)20-14-5-7-15(8-6-14)29(26,27)21-10-2-1-3-11-21/h4-9,12,20H,1-3,10-11H2,(H,22,23). The Morgan fingerprint density at radius 2 is 1.59 bits per heavy atom. The molecule has 3 rings (SSSR count). The first-order valence-electron chi connectivity index (χ1n) is 8.77. The van der Waals surface area contributed by atoms with Crippen LogP contribution in [0.4, 0.5) is 5.69 Å². The first kappa shape index (κ1) is 21.6. The fourth-order valence-electron chi connectivity index (χ4n) is 3.06. The summed E-state index contributed by atoms with van der Waals surface area (Å²) >= 11 is 5.76. The number of carbonyl (C=O) groups is 1. The second kappa shape index (κ2) is 8.31. The van der Waals surface area contributed by atoms with Gasteiger partial charge in [0.05, 0.1) is 10.5 Å². The van der Waals surface area contributed by atoms with Crippen molar-refractivity contribution in [1.29, 1.82) is 0 Å². The number of carboxylic acids is 1. The van der Waals surface area contributed by atoms with Gasteiger partial charge in [-0.15, -0.1) is 0 Å². The molecular formula is C18H19ClN2O6S2. The van der Waals surface area contributed by atoms with E-state index in [2.05, 4.69) is 4.72 Å². The summed E-state index contributed by atoms with van der Waals surface area (Å²) in [5.74, 6) is -1.43. The number of anilines is 1. The SMILES string of the molecule is O=C(O)c1cc(Cl)ccc1S(=O)(=O)Nc1ccc(S(=O)(=O)N2CCCCC2)cc1. The molecule has 0 spiro atoms. The molecule has 0 amide bonds. The molecule has 0 saturated carbocycles. The van der Waals surface area contributed by atoms with Crippen LogP contribution in [0, 0.1) is 0 Å². The third-order valence-electron chi connectivity index (χ3n) is 4.52. The molecule has 0 radical (unpaired) electrons. The van der Waals surface area contributed by atoms with E-state index in [0.717, 1.165) is 31.4 Å². The van der Waals surface area contributed by atoms with Crippen molar-refractivity contribution in [2.75, 3.05) is 17.8 Å². The Morgan fingerprint density at radius 1 is 0.966 bits per heavy atom. The second-order valence-corrected chi connectivity index (χ2v) is 10.6. The third kappa shape index (κ3) is 4.72. The molecule has 2 N–H and O–H groups in total. The molecule has 0 bridgehead atoms. The maximum Gasteiger partial charge on any atom is 0.337 e. The largest absolute Gasteiger partial charge is 0.478 e. The van der Waals surface area contributed by atoms with E-state index in [9.17, 15) is 26.7 Å². The van der Waals surface area contributed by atoms with Gasteiger partial charge in [0, 0.05) is 23.8 Å². The third-order valence-corrected chi connectivity index (χ3v) is 8.11. The summed E-state index contributed by atoms with van der Waals surface area (Å²) in [5.41, 5.74) is -0.358. The van der Waals surface area contributed by atoms with E-state index in [0.29, 0.717) is 13.1 Å². The lowest BCUT2D eigenvalue weighted by Gasteiger charge is -2.25. The lowest BCUT2D eigenvalue weighted by molar-refractivity contribution is 0.0692. The zero-order valence-corrected chi connectivity index (χ0v) is 17.6. The van der Waals surface area contributed by atoms with Crippen molar-refractivity contribution < 1.29 is 26.7 Å². The van der Waals surface area contributed by atoms with Gasteiger partial charge in [0.15, 0.2) is 0 Å². The van der Waals surface area contributed by atoms with E-state index >= 15 is 0 Å². The Labute approximate surface area is 174 Å². The summed E-state index contributed by atoms with van der Waals surface area (Å²) in [7, 11) is -7.86. The number of nitrogens with one attached hydrogen (secondary N) is 1. The second-order valence-electron chi connectivity index (χ2n) is 6.54. The van der Waals surface area contributed by atoms with Gasteiger partial charge in [0.2, 0.25) is 10.0 Å². The Balaban J connectivity index is 1.85. The Hall–Kier alpha value is -2.14. The number of nitrogens with zero attached hydrogens (tertiary/aromatic N) is 1. The highest BCUT2D eigenvalue weighted by Crippen LogP contribution is 2.25. The van der Waals surface area contributed by atoms with Gasteiger partial charge in [-0.3, -0.25) is 4.72 Å². The van der Waals surface area contributed by atoms with Crippen molar-refractivity contribution in [3.63, 3.8) is 0 Å². The van der Waals surface area contributed by atoms with Crippen LogP contribution in [0.2, 0.25) is 5.02 Å². The molecule has 2 aromatic rings. The van der Waals surface area contributed by atoms with Crippen molar-refractivity contribution in [1.82, 2.24) is 4.31 Å². The van der Waals surface area contributed by atoms with Crippen LogP contribution in [-0.2, 0) is 20.0 Å². The van der Waals surface area contributed by atoms with Gasteiger partial charge in [-0.1, -0.05) is 18.0 Å². The number of hydrogen-bond donors (Lipinski definition) is 2. The summed E-state index contributed by atoms with van der Waals surface area (Å²) < 4.78 is 54.3. The summed E-state index contributed by atoms with van der Waals surface area (Å²) in [5, 5.41) is 9.34. The van der Waals surface area contributed by atoms with E-state index in [4.69, 9.17) is 11.6 Å². The number of benzene rings is 2. The molecule has 0 aromatic heterocycles. The Morgan fingerprint density at radius 3 is 2.17 bits per heavy atom. The van der Waals surface area contributed by atoms with Crippen molar-refractivity contribution in [2.45, 2.75) is 29.1 Å². The first-order valence-corrected chi connectivity index (χ1v) is 12.1. The number of sulfonamides is 2. The van der Waals surface area contributed by atoms with Crippen molar-refractivity contribution >= 4 is 43.3 Å². The van der Waals surface area contributed by atoms with Gasteiger partial charge in [0.1, 0.15) is 4.90 Å². The van der Waals surface area contributed by atoms with Crippen LogP contribution in [0.3, 0.4) is 0 Å². The predicted molar refractivity (Wildman–Crippen MR) is 108 cm³/mol. The Bertz CT molecular complexity index is 1130. The number of piperidine rings is 1. The predicted octanol–water partition coefficient (Wildman–Crippen LogP) is 3.01. The van der Waals surface area contributed by atoms with Crippen molar-refractivity contribution in [2.24, 2.45) is 0 Å². The minimum absolute atomic E-state index is 0.0695. The van der Waals surface area contributed by atoms with Crippen LogP contribution < -0.4 is 4.72 Å². The minimum Gasteiger partial charge on any atom is -0.478 e. The van der Waals surface area contributed by atoms with Gasteiger partial charge in [0.25, 0.3) is 10.0 Å². The lowest BCUT2D eigenvalue weighted by Crippen LogP contribution is -2.35. The van der Waals surface area contributed by atoms with Crippen LogP contribution in [0.15, 0.2) is 52.3 Å². The van der Waals surface area contributed by atoms with Crippen LogP contribution >= 0.6 is 11.6 Å². The molecule has 0 atom stereocenters. The maximum atomic E-state index is 12.7. The fourth-order valence-corrected chi connectivity index (χ4v) is 5.99.